The lowest BCUT2D eigenvalue weighted by Gasteiger charge is -2.33. The Bertz CT molecular complexity index is 561. The average molecular weight is 287 g/mol. The lowest BCUT2D eigenvalue weighted by Crippen LogP contribution is -2.47. The molecule has 0 unspecified atom stereocenters. The first-order chi connectivity index (χ1) is 9.87. The molecule has 2 aliphatic rings. The molecule has 0 N–H and O–H groups in total. The summed E-state index contributed by atoms with van der Waals surface area (Å²) in [6.45, 7) is 5.45. The molecule has 21 heavy (non-hydrogen) atoms. The highest BCUT2D eigenvalue weighted by atomic mass is 16.6. The summed E-state index contributed by atoms with van der Waals surface area (Å²) in [5, 5.41) is 0. The maximum Gasteiger partial charge on any atom is 0.417 e. The van der Waals surface area contributed by atoms with Gasteiger partial charge in [-0.1, -0.05) is 30.3 Å². The fraction of sp³-hybridized carbons (Fsp3) is 0.529. The Balaban J connectivity index is 1.83. The van der Waals surface area contributed by atoms with Crippen LogP contribution in [0.3, 0.4) is 0 Å². The van der Waals surface area contributed by atoms with Crippen molar-refractivity contribution in [2.45, 2.75) is 51.2 Å². The van der Waals surface area contributed by atoms with Gasteiger partial charge in [0.25, 0.3) is 0 Å². The molecule has 2 bridgehead atoms. The second kappa shape index (κ2) is 4.86. The van der Waals surface area contributed by atoms with Gasteiger partial charge in [0.15, 0.2) is 0 Å². The number of hydrogen-bond donors (Lipinski definition) is 0. The van der Waals surface area contributed by atoms with E-state index >= 15 is 0 Å². The summed E-state index contributed by atoms with van der Waals surface area (Å²) in [5.74, 6) is 0.135. The molecule has 0 radical (unpaired) electrons. The van der Waals surface area contributed by atoms with E-state index in [0.29, 0.717) is 0 Å². The van der Waals surface area contributed by atoms with Gasteiger partial charge in [0.1, 0.15) is 5.60 Å². The molecule has 112 valence electrons. The summed E-state index contributed by atoms with van der Waals surface area (Å²) < 4.78 is 5.40. The van der Waals surface area contributed by atoms with Crippen molar-refractivity contribution in [3.8, 4) is 0 Å². The fourth-order valence-corrected chi connectivity index (χ4v) is 3.46. The molecule has 1 saturated heterocycles. The predicted octanol–water partition coefficient (Wildman–Crippen LogP) is 3.33. The molecule has 1 aromatic carbocycles. The van der Waals surface area contributed by atoms with Crippen LogP contribution in [0.5, 0.6) is 0 Å². The van der Waals surface area contributed by atoms with Crippen LogP contribution in [0.15, 0.2) is 30.3 Å². The number of benzene rings is 1. The van der Waals surface area contributed by atoms with E-state index < -0.39 is 11.7 Å². The Hall–Kier alpha value is -1.84. The first-order valence-corrected chi connectivity index (χ1v) is 7.48. The van der Waals surface area contributed by atoms with E-state index in [1.807, 2.05) is 39.0 Å². The lowest BCUT2D eigenvalue weighted by atomic mass is 9.90. The second-order valence-electron chi connectivity index (χ2n) is 6.94. The summed E-state index contributed by atoms with van der Waals surface area (Å²) >= 11 is 0. The van der Waals surface area contributed by atoms with E-state index in [1.165, 1.54) is 10.5 Å². The molecule has 3 rings (SSSR count). The molecule has 1 aromatic rings. The lowest BCUT2D eigenvalue weighted by molar-refractivity contribution is -0.133. The van der Waals surface area contributed by atoms with Crippen LogP contribution in [0.2, 0.25) is 0 Å². The highest BCUT2D eigenvalue weighted by Gasteiger charge is 2.54. The van der Waals surface area contributed by atoms with Gasteiger partial charge >= 0.3 is 6.09 Å². The minimum atomic E-state index is -0.582. The maximum atomic E-state index is 12.3. The van der Waals surface area contributed by atoms with Gasteiger partial charge in [-0.3, -0.25) is 4.79 Å². The summed E-state index contributed by atoms with van der Waals surface area (Å²) in [6.07, 6.45) is 1.10. The summed E-state index contributed by atoms with van der Waals surface area (Å²) in [5.41, 5.74) is 0.618. The molecule has 1 aliphatic carbocycles. The molecule has 0 aromatic heterocycles. The van der Waals surface area contributed by atoms with Gasteiger partial charge < -0.3 is 4.74 Å². The van der Waals surface area contributed by atoms with Gasteiger partial charge in [0, 0.05) is 11.8 Å². The van der Waals surface area contributed by atoms with Gasteiger partial charge in [0.2, 0.25) is 5.91 Å². The van der Waals surface area contributed by atoms with E-state index in [0.717, 1.165) is 12.8 Å². The monoisotopic (exact) mass is 287 g/mol. The number of hydrogen-bond acceptors (Lipinski definition) is 3. The zero-order valence-electron chi connectivity index (χ0n) is 12.7. The zero-order chi connectivity index (χ0) is 15.2. The standard InChI is InChI=1S/C17H21NO3/c1-17(2,3)21-16(20)18-14-10-12(15(18)19)9-13(14)11-7-5-4-6-8-11/h4-8,12-14H,9-10H2,1-3H3/t12-,13+,14-/m1/s1. The molecule has 0 spiro atoms. The molecule has 3 atom stereocenters. The van der Waals surface area contributed by atoms with E-state index in [4.69, 9.17) is 4.74 Å². The van der Waals surface area contributed by atoms with Gasteiger partial charge in [-0.25, -0.2) is 9.69 Å². The van der Waals surface area contributed by atoms with Crippen molar-refractivity contribution in [2.24, 2.45) is 5.92 Å². The van der Waals surface area contributed by atoms with Gasteiger partial charge in [-0.05, 0) is 39.2 Å². The Morgan fingerprint density at radius 3 is 2.43 bits per heavy atom. The largest absolute Gasteiger partial charge is 0.443 e. The third-order valence-corrected chi connectivity index (χ3v) is 4.27. The van der Waals surface area contributed by atoms with Crippen molar-refractivity contribution < 1.29 is 14.3 Å². The molecular weight excluding hydrogens is 266 g/mol. The van der Waals surface area contributed by atoms with Crippen molar-refractivity contribution in [1.82, 2.24) is 4.90 Å². The van der Waals surface area contributed by atoms with Crippen LogP contribution in [0, 0.1) is 5.92 Å². The van der Waals surface area contributed by atoms with Crippen molar-refractivity contribution in [3.05, 3.63) is 35.9 Å². The van der Waals surface area contributed by atoms with Crippen LogP contribution in [-0.2, 0) is 9.53 Å². The quantitative estimate of drug-likeness (QED) is 0.796. The highest BCUT2D eigenvalue weighted by Crippen LogP contribution is 2.48. The second-order valence-corrected chi connectivity index (χ2v) is 6.94. The number of ether oxygens (including phenoxy) is 1. The third kappa shape index (κ3) is 2.55. The summed E-state index contributed by atoms with van der Waals surface area (Å²) in [4.78, 5) is 26.0. The summed E-state index contributed by atoms with van der Waals surface area (Å²) in [7, 11) is 0. The van der Waals surface area contributed by atoms with Crippen molar-refractivity contribution in [1.29, 1.82) is 0 Å². The number of piperidine rings is 1. The number of fused-ring (bicyclic) bond motifs is 2. The number of carbonyl (C=O) groups excluding carboxylic acids is 2. The number of rotatable bonds is 1. The Morgan fingerprint density at radius 1 is 1.19 bits per heavy atom. The Morgan fingerprint density at radius 2 is 1.86 bits per heavy atom. The van der Waals surface area contributed by atoms with Crippen LogP contribution in [0.4, 0.5) is 4.79 Å². The van der Waals surface area contributed by atoms with E-state index in [9.17, 15) is 9.59 Å². The molecule has 1 aliphatic heterocycles. The highest BCUT2D eigenvalue weighted by molar-refractivity contribution is 5.96. The molecule has 4 heteroatoms. The van der Waals surface area contributed by atoms with Crippen LogP contribution in [-0.4, -0.2) is 28.5 Å². The first-order valence-electron chi connectivity index (χ1n) is 7.48. The number of likely N-dealkylation sites (tertiary alicyclic amines) is 1. The maximum absolute atomic E-state index is 12.3. The van der Waals surface area contributed by atoms with Crippen LogP contribution in [0.25, 0.3) is 0 Å². The van der Waals surface area contributed by atoms with E-state index in [2.05, 4.69) is 12.1 Å². The van der Waals surface area contributed by atoms with Gasteiger partial charge in [-0.15, -0.1) is 0 Å². The zero-order valence-corrected chi connectivity index (χ0v) is 12.7. The number of amides is 2. The first kappa shape index (κ1) is 14.1. The normalized spacial score (nSPS) is 28.0. The molecular formula is C17H21NO3. The van der Waals surface area contributed by atoms with Crippen LogP contribution >= 0.6 is 0 Å². The third-order valence-electron chi connectivity index (χ3n) is 4.27. The molecule has 2 fully saturated rings. The minimum Gasteiger partial charge on any atom is -0.443 e. The van der Waals surface area contributed by atoms with Crippen molar-refractivity contribution in [3.63, 3.8) is 0 Å². The van der Waals surface area contributed by atoms with Crippen molar-refractivity contribution >= 4 is 12.0 Å². The Labute approximate surface area is 125 Å². The van der Waals surface area contributed by atoms with Gasteiger partial charge in [-0.2, -0.15) is 0 Å². The molecule has 1 heterocycles. The SMILES string of the molecule is CC(C)(C)OC(=O)N1C(=O)[C@H]2C[C@@H]1[C@H](c1ccccc1)C2. The predicted molar refractivity (Wildman–Crippen MR) is 78.8 cm³/mol. The smallest absolute Gasteiger partial charge is 0.417 e. The number of imide groups is 1. The molecule has 2 amide bonds. The van der Waals surface area contributed by atoms with Crippen LogP contribution in [0.1, 0.15) is 45.1 Å². The average Bonchev–Trinajstić information content (AvgIpc) is 2.95. The number of carbonyl (C=O) groups is 2. The van der Waals surface area contributed by atoms with E-state index in [1.54, 1.807) is 0 Å². The van der Waals surface area contributed by atoms with Gasteiger partial charge in [0.05, 0.1) is 6.04 Å². The minimum absolute atomic E-state index is 0.0345. The summed E-state index contributed by atoms with van der Waals surface area (Å²) in [6, 6.07) is 10.1. The fourth-order valence-electron chi connectivity index (χ4n) is 3.46. The topological polar surface area (TPSA) is 46.6 Å². The molecule has 1 saturated carbocycles. The van der Waals surface area contributed by atoms with Crippen LogP contribution < -0.4 is 0 Å². The van der Waals surface area contributed by atoms with Crippen molar-refractivity contribution in [2.75, 3.05) is 0 Å². The molecule has 4 nitrogen and oxygen atoms in total. The van der Waals surface area contributed by atoms with E-state index in [-0.39, 0.29) is 23.8 Å². The number of nitrogens with zero attached hydrogens (tertiary/aromatic N) is 1. The Kier molecular flexibility index (Phi) is 3.27.